The molecule has 0 aliphatic carbocycles. The van der Waals surface area contributed by atoms with Crippen molar-refractivity contribution in [3.05, 3.63) is 0 Å². The molecule has 0 aromatic rings. The summed E-state index contributed by atoms with van der Waals surface area (Å²) in [5.41, 5.74) is 5.68. The first-order chi connectivity index (χ1) is 6.76. The summed E-state index contributed by atoms with van der Waals surface area (Å²) in [4.78, 5) is 6.90. The van der Waals surface area contributed by atoms with E-state index in [1.807, 2.05) is 0 Å². The van der Waals surface area contributed by atoms with E-state index in [2.05, 4.69) is 23.7 Å². The number of nitrogens with two attached hydrogens (primary N) is 1. The van der Waals surface area contributed by atoms with E-state index >= 15 is 0 Å². The van der Waals surface area contributed by atoms with Crippen molar-refractivity contribution in [2.75, 3.05) is 26.2 Å². The van der Waals surface area contributed by atoms with E-state index < -0.39 is 0 Å². The third-order valence-electron chi connectivity index (χ3n) is 3.07. The zero-order valence-corrected chi connectivity index (χ0v) is 9.50. The second-order valence-corrected chi connectivity index (χ2v) is 4.06. The molecule has 1 rings (SSSR count). The maximum Gasteiger partial charge on any atom is 0.0934 e. The van der Waals surface area contributed by atoms with E-state index in [1.165, 1.54) is 32.5 Å². The highest BCUT2D eigenvalue weighted by Gasteiger charge is 2.17. The molecule has 2 N–H and O–H groups in total. The fourth-order valence-corrected chi connectivity index (χ4v) is 1.84. The molecule has 0 spiro atoms. The number of amidine groups is 1. The minimum atomic E-state index is 0.767. The first kappa shape index (κ1) is 11.5. The van der Waals surface area contributed by atoms with E-state index in [1.54, 1.807) is 0 Å². The Hall–Kier alpha value is -0.570. The van der Waals surface area contributed by atoms with Gasteiger partial charge in [-0.05, 0) is 38.4 Å². The standard InChI is InChI=1S/C11H23N3/c1-3-11(12)13-9-10-5-7-14(4-2)8-6-10/h10H,3-9H2,1-2H3,(H2,12,13). The average Bonchev–Trinajstić information content (AvgIpc) is 2.26. The lowest BCUT2D eigenvalue weighted by molar-refractivity contribution is 0.196. The van der Waals surface area contributed by atoms with Crippen LogP contribution in [0.15, 0.2) is 4.99 Å². The minimum Gasteiger partial charge on any atom is -0.387 e. The van der Waals surface area contributed by atoms with Gasteiger partial charge in [-0.1, -0.05) is 13.8 Å². The number of nitrogens with zero attached hydrogens (tertiary/aromatic N) is 2. The maximum absolute atomic E-state index is 5.68. The van der Waals surface area contributed by atoms with Crippen molar-refractivity contribution in [2.45, 2.75) is 33.1 Å². The van der Waals surface area contributed by atoms with Crippen LogP contribution in [-0.4, -0.2) is 36.9 Å². The van der Waals surface area contributed by atoms with Gasteiger partial charge in [-0.2, -0.15) is 0 Å². The lowest BCUT2D eigenvalue weighted by atomic mass is 9.97. The first-order valence-corrected chi connectivity index (χ1v) is 5.77. The molecular formula is C11H23N3. The highest BCUT2D eigenvalue weighted by Crippen LogP contribution is 2.16. The molecule has 0 saturated carbocycles. The Morgan fingerprint density at radius 2 is 2.00 bits per heavy atom. The Kier molecular flexibility index (Phi) is 4.94. The van der Waals surface area contributed by atoms with E-state index in [4.69, 9.17) is 5.73 Å². The number of aliphatic imine (C=N–C) groups is 1. The molecule has 0 amide bonds. The van der Waals surface area contributed by atoms with Crippen LogP contribution in [0.5, 0.6) is 0 Å². The predicted molar refractivity (Wildman–Crippen MR) is 61.6 cm³/mol. The third-order valence-corrected chi connectivity index (χ3v) is 3.07. The molecule has 1 fully saturated rings. The summed E-state index contributed by atoms with van der Waals surface area (Å²) in [7, 11) is 0. The fraction of sp³-hybridized carbons (Fsp3) is 0.909. The number of likely N-dealkylation sites (tertiary alicyclic amines) is 1. The summed E-state index contributed by atoms with van der Waals surface area (Å²) in [6.45, 7) is 8.89. The molecule has 3 nitrogen and oxygen atoms in total. The van der Waals surface area contributed by atoms with Crippen molar-refractivity contribution < 1.29 is 0 Å². The highest BCUT2D eigenvalue weighted by atomic mass is 15.1. The molecule has 0 radical (unpaired) electrons. The first-order valence-electron chi connectivity index (χ1n) is 5.77. The lowest BCUT2D eigenvalue weighted by Gasteiger charge is -2.30. The van der Waals surface area contributed by atoms with Gasteiger partial charge in [-0.25, -0.2) is 0 Å². The number of piperidine rings is 1. The van der Waals surface area contributed by atoms with Crippen LogP contribution < -0.4 is 5.73 Å². The summed E-state index contributed by atoms with van der Waals surface area (Å²) in [5.74, 6) is 1.57. The normalized spacial score (nSPS) is 21.4. The van der Waals surface area contributed by atoms with Gasteiger partial charge in [0.1, 0.15) is 0 Å². The van der Waals surface area contributed by atoms with Gasteiger partial charge < -0.3 is 10.6 Å². The average molecular weight is 197 g/mol. The van der Waals surface area contributed by atoms with Gasteiger partial charge in [0.15, 0.2) is 0 Å². The Labute approximate surface area is 87.4 Å². The molecule has 0 aromatic carbocycles. The van der Waals surface area contributed by atoms with Crippen LogP contribution >= 0.6 is 0 Å². The van der Waals surface area contributed by atoms with Crippen molar-refractivity contribution in [1.82, 2.24) is 4.90 Å². The van der Waals surface area contributed by atoms with Crippen LogP contribution in [0.3, 0.4) is 0 Å². The number of hydrogen-bond acceptors (Lipinski definition) is 2. The highest BCUT2D eigenvalue weighted by molar-refractivity contribution is 5.79. The molecule has 1 aliphatic rings. The van der Waals surface area contributed by atoms with E-state index in [9.17, 15) is 0 Å². The van der Waals surface area contributed by atoms with Gasteiger partial charge in [0.05, 0.1) is 5.84 Å². The van der Waals surface area contributed by atoms with Crippen molar-refractivity contribution >= 4 is 5.84 Å². The Morgan fingerprint density at radius 1 is 1.36 bits per heavy atom. The molecule has 1 saturated heterocycles. The zero-order chi connectivity index (χ0) is 10.4. The van der Waals surface area contributed by atoms with Gasteiger partial charge in [0.25, 0.3) is 0 Å². The second kappa shape index (κ2) is 6.02. The van der Waals surface area contributed by atoms with Gasteiger partial charge in [0.2, 0.25) is 0 Å². The molecule has 0 unspecified atom stereocenters. The van der Waals surface area contributed by atoms with Gasteiger partial charge >= 0.3 is 0 Å². The summed E-state index contributed by atoms with van der Waals surface area (Å²) in [6, 6.07) is 0. The molecule has 14 heavy (non-hydrogen) atoms. The van der Waals surface area contributed by atoms with Crippen molar-refractivity contribution in [3.63, 3.8) is 0 Å². The Balaban J connectivity index is 2.22. The fourth-order valence-electron chi connectivity index (χ4n) is 1.84. The van der Waals surface area contributed by atoms with E-state index in [0.717, 1.165) is 24.7 Å². The minimum absolute atomic E-state index is 0.767. The summed E-state index contributed by atoms with van der Waals surface area (Å²) >= 11 is 0. The van der Waals surface area contributed by atoms with Crippen molar-refractivity contribution in [2.24, 2.45) is 16.6 Å². The van der Waals surface area contributed by atoms with E-state index in [0.29, 0.717) is 0 Å². The largest absolute Gasteiger partial charge is 0.387 e. The van der Waals surface area contributed by atoms with Crippen molar-refractivity contribution in [3.8, 4) is 0 Å². The van der Waals surface area contributed by atoms with Gasteiger partial charge in [0, 0.05) is 13.0 Å². The molecule has 1 aliphatic heterocycles. The molecule has 0 atom stereocenters. The van der Waals surface area contributed by atoms with Gasteiger partial charge in [-0.15, -0.1) is 0 Å². The van der Waals surface area contributed by atoms with Crippen LogP contribution in [0.1, 0.15) is 33.1 Å². The molecular weight excluding hydrogens is 174 g/mol. The SMILES string of the molecule is CCC(N)=NCC1CCN(CC)CC1. The monoisotopic (exact) mass is 197 g/mol. The van der Waals surface area contributed by atoms with Crippen LogP contribution in [0, 0.1) is 5.92 Å². The smallest absolute Gasteiger partial charge is 0.0934 e. The van der Waals surface area contributed by atoms with Crippen molar-refractivity contribution in [1.29, 1.82) is 0 Å². The van der Waals surface area contributed by atoms with Gasteiger partial charge in [-0.3, -0.25) is 4.99 Å². The maximum atomic E-state index is 5.68. The Morgan fingerprint density at radius 3 is 2.50 bits per heavy atom. The second-order valence-electron chi connectivity index (χ2n) is 4.06. The number of rotatable bonds is 4. The zero-order valence-electron chi connectivity index (χ0n) is 9.50. The quantitative estimate of drug-likeness (QED) is 0.548. The predicted octanol–water partition coefficient (Wildman–Crippen LogP) is 1.49. The van der Waals surface area contributed by atoms with Crippen LogP contribution in [0.25, 0.3) is 0 Å². The molecule has 1 heterocycles. The number of hydrogen-bond donors (Lipinski definition) is 1. The topological polar surface area (TPSA) is 41.6 Å². The third kappa shape index (κ3) is 3.66. The van der Waals surface area contributed by atoms with E-state index in [-0.39, 0.29) is 0 Å². The molecule has 0 bridgehead atoms. The summed E-state index contributed by atoms with van der Waals surface area (Å²) < 4.78 is 0. The van der Waals surface area contributed by atoms with Crippen LogP contribution in [0.2, 0.25) is 0 Å². The molecule has 82 valence electrons. The van der Waals surface area contributed by atoms with Crippen LogP contribution in [-0.2, 0) is 0 Å². The summed E-state index contributed by atoms with van der Waals surface area (Å²) in [5, 5.41) is 0. The Bertz CT molecular complexity index is 181. The van der Waals surface area contributed by atoms with Crippen LogP contribution in [0.4, 0.5) is 0 Å². The molecule has 0 aromatic heterocycles. The summed E-state index contributed by atoms with van der Waals surface area (Å²) in [6.07, 6.45) is 3.45. The lowest BCUT2D eigenvalue weighted by Crippen LogP contribution is -2.34. The molecule has 3 heteroatoms.